The van der Waals surface area contributed by atoms with Crippen molar-refractivity contribution in [1.82, 2.24) is 0 Å². The molecule has 88 valence electrons. The van der Waals surface area contributed by atoms with Crippen LogP contribution < -0.4 is 0 Å². The molecular formula is C13H10BrClO2. The molecule has 1 unspecified atom stereocenters. The predicted octanol–water partition coefficient (Wildman–Crippen LogP) is 4.40. The number of hydrogen-bond donors (Lipinski definition) is 0. The molecule has 4 heteroatoms. The highest BCUT2D eigenvalue weighted by Gasteiger charge is 2.18. The van der Waals surface area contributed by atoms with Crippen molar-refractivity contribution in [1.29, 1.82) is 0 Å². The van der Waals surface area contributed by atoms with Gasteiger partial charge in [0.1, 0.15) is 11.1 Å². The maximum absolute atomic E-state index is 6.39. The summed E-state index contributed by atoms with van der Waals surface area (Å²) in [4.78, 5) is 0. The van der Waals surface area contributed by atoms with E-state index < -0.39 is 0 Å². The molecule has 0 spiro atoms. The van der Waals surface area contributed by atoms with E-state index in [2.05, 4.69) is 28.1 Å². The quantitative estimate of drug-likeness (QED) is 0.767. The summed E-state index contributed by atoms with van der Waals surface area (Å²) in [6.45, 7) is 1.38. The average molecular weight is 314 g/mol. The average Bonchev–Trinajstić information content (AvgIpc) is 2.95. The Morgan fingerprint density at radius 3 is 2.71 bits per heavy atom. The zero-order valence-corrected chi connectivity index (χ0v) is 11.3. The van der Waals surface area contributed by atoms with Gasteiger partial charge in [-0.2, -0.15) is 0 Å². The highest BCUT2D eigenvalue weighted by Crippen LogP contribution is 2.33. The zero-order valence-electron chi connectivity index (χ0n) is 8.95. The lowest BCUT2D eigenvalue weighted by molar-refractivity contribution is 0.134. The second kappa shape index (κ2) is 4.48. The lowest BCUT2D eigenvalue weighted by Crippen LogP contribution is -1.93. The summed E-state index contributed by atoms with van der Waals surface area (Å²) < 4.78 is 11.6. The van der Waals surface area contributed by atoms with Crippen LogP contribution in [0, 0.1) is 0 Å². The van der Waals surface area contributed by atoms with Crippen LogP contribution in [0.1, 0.15) is 27.8 Å². The normalized spacial score (nSPS) is 15.9. The van der Waals surface area contributed by atoms with Crippen LogP contribution >= 0.6 is 27.5 Å². The number of halogens is 2. The molecule has 0 amide bonds. The molecule has 0 radical (unpaired) electrons. The van der Waals surface area contributed by atoms with E-state index in [0.29, 0.717) is 17.9 Å². The van der Waals surface area contributed by atoms with Crippen LogP contribution in [0.3, 0.4) is 0 Å². The van der Waals surface area contributed by atoms with Crippen molar-refractivity contribution >= 4 is 27.5 Å². The molecule has 0 N–H and O–H groups in total. The summed E-state index contributed by atoms with van der Waals surface area (Å²) in [6.07, 6.45) is 0. The second-order valence-electron chi connectivity index (χ2n) is 4.03. The highest BCUT2D eigenvalue weighted by atomic mass is 79.9. The molecule has 17 heavy (non-hydrogen) atoms. The van der Waals surface area contributed by atoms with E-state index >= 15 is 0 Å². The molecule has 0 fully saturated rings. The molecule has 2 nitrogen and oxygen atoms in total. The SMILES string of the molecule is ClC(c1ccc2c(c1)COC2)c1ccc(Br)o1. The molecule has 1 aromatic carbocycles. The molecule has 2 aromatic rings. The van der Waals surface area contributed by atoms with Gasteiger partial charge in [0.05, 0.1) is 13.2 Å². The number of ether oxygens (including phenoxy) is 1. The molecular weight excluding hydrogens is 303 g/mol. The van der Waals surface area contributed by atoms with E-state index in [1.807, 2.05) is 18.2 Å². The standard InChI is InChI=1S/C13H10BrClO2/c14-12-4-3-11(17-12)13(15)8-1-2-9-6-16-7-10(9)5-8/h1-5,13H,6-7H2. The van der Waals surface area contributed by atoms with E-state index in [4.69, 9.17) is 20.8 Å². The minimum Gasteiger partial charge on any atom is -0.452 e. The van der Waals surface area contributed by atoms with E-state index in [0.717, 1.165) is 11.3 Å². The van der Waals surface area contributed by atoms with Crippen molar-refractivity contribution in [2.75, 3.05) is 0 Å². The van der Waals surface area contributed by atoms with Crippen molar-refractivity contribution < 1.29 is 9.15 Å². The van der Waals surface area contributed by atoms with E-state index in [1.165, 1.54) is 11.1 Å². The Kier molecular flexibility index (Phi) is 2.99. The fourth-order valence-corrected chi connectivity index (χ4v) is 2.55. The fraction of sp³-hybridized carbons (Fsp3) is 0.231. The van der Waals surface area contributed by atoms with Crippen LogP contribution in [0.5, 0.6) is 0 Å². The predicted molar refractivity (Wildman–Crippen MR) is 69.0 cm³/mol. The van der Waals surface area contributed by atoms with Gasteiger partial charge < -0.3 is 9.15 Å². The Morgan fingerprint density at radius 2 is 1.94 bits per heavy atom. The van der Waals surface area contributed by atoms with Gasteiger partial charge in [-0.3, -0.25) is 0 Å². The highest BCUT2D eigenvalue weighted by molar-refractivity contribution is 9.10. The first-order valence-electron chi connectivity index (χ1n) is 5.33. The monoisotopic (exact) mass is 312 g/mol. The summed E-state index contributed by atoms with van der Waals surface area (Å²) in [5.41, 5.74) is 3.51. The maximum Gasteiger partial charge on any atom is 0.169 e. The van der Waals surface area contributed by atoms with E-state index in [1.54, 1.807) is 0 Å². The summed E-state index contributed by atoms with van der Waals surface area (Å²) in [5.74, 6) is 0.748. The van der Waals surface area contributed by atoms with Crippen molar-refractivity contribution in [3.8, 4) is 0 Å². The molecule has 1 aliphatic heterocycles. The summed E-state index contributed by atoms with van der Waals surface area (Å²) in [7, 11) is 0. The van der Waals surface area contributed by atoms with E-state index in [-0.39, 0.29) is 5.38 Å². The Bertz CT molecular complexity index is 550. The molecule has 1 atom stereocenters. The number of furan rings is 1. The van der Waals surface area contributed by atoms with Gasteiger partial charge in [-0.1, -0.05) is 18.2 Å². The van der Waals surface area contributed by atoms with Crippen LogP contribution in [0.2, 0.25) is 0 Å². The van der Waals surface area contributed by atoms with Gasteiger partial charge >= 0.3 is 0 Å². The first-order valence-corrected chi connectivity index (χ1v) is 6.56. The molecule has 3 rings (SSSR count). The number of fused-ring (bicyclic) bond motifs is 1. The minimum atomic E-state index is -0.257. The third-order valence-electron chi connectivity index (χ3n) is 2.88. The Labute approximate surface area is 113 Å². The molecule has 0 saturated carbocycles. The summed E-state index contributed by atoms with van der Waals surface area (Å²) in [5, 5.41) is -0.257. The number of alkyl halides is 1. The first kappa shape index (κ1) is 11.3. The van der Waals surface area contributed by atoms with Gasteiger partial charge in [0.25, 0.3) is 0 Å². The maximum atomic E-state index is 6.39. The van der Waals surface area contributed by atoms with Gasteiger partial charge in [0, 0.05) is 0 Å². The van der Waals surface area contributed by atoms with Gasteiger partial charge in [0.2, 0.25) is 0 Å². The van der Waals surface area contributed by atoms with Gasteiger partial charge in [-0.05, 0) is 44.8 Å². The third-order valence-corrected chi connectivity index (χ3v) is 3.78. The van der Waals surface area contributed by atoms with Crippen LogP contribution in [-0.4, -0.2) is 0 Å². The van der Waals surface area contributed by atoms with Crippen molar-refractivity contribution in [2.24, 2.45) is 0 Å². The zero-order chi connectivity index (χ0) is 11.8. The van der Waals surface area contributed by atoms with Crippen molar-refractivity contribution in [3.05, 3.63) is 57.5 Å². The van der Waals surface area contributed by atoms with Crippen LogP contribution in [0.4, 0.5) is 0 Å². The van der Waals surface area contributed by atoms with Crippen molar-refractivity contribution in [3.63, 3.8) is 0 Å². The van der Waals surface area contributed by atoms with Gasteiger partial charge in [-0.25, -0.2) is 0 Å². The van der Waals surface area contributed by atoms with Crippen molar-refractivity contribution in [2.45, 2.75) is 18.6 Å². The topological polar surface area (TPSA) is 22.4 Å². The minimum absolute atomic E-state index is 0.257. The molecule has 0 bridgehead atoms. The fourth-order valence-electron chi connectivity index (χ4n) is 1.98. The molecule has 1 aliphatic rings. The number of benzene rings is 1. The van der Waals surface area contributed by atoms with Crippen LogP contribution in [-0.2, 0) is 18.0 Å². The third kappa shape index (κ3) is 2.15. The summed E-state index contributed by atoms with van der Waals surface area (Å²) >= 11 is 9.67. The Balaban J connectivity index is 1.94. The lowest BCUT2D eigenvalue weighted by Gasteiger charge is -2.08. The number of hydrogen-bond acceptors (Lipinski definition) is 2. The Hall–Kier alpha value is -0.770. The van der Waals surface area contributed by atoms with E-state index in [9.17, 15) is 0 Å². The van der Waals surface area contributed by atoms with Crippen LogP contribution in [0.15, 0.2) is 39.4 Å². The smallest absolute Gasteiger partial charge is 0.169 e. The molecule has 2 heterocycles. The number of rotatable bonds is 2. The molecule has 0 saturated heterocycles. The lowest BCUT2D eigenvalue weighted by atomic mass is 10.0. The Morgan fingerprint density at radius 1 is 1.12 bits per heavy atom. The second-order valence-corrected chi connectivity index (χ2v) is 5.24. The molecule has 0 aliphatic carbocycles. The van der Waals surface area contributed by atoms with Crippen LogP contribution in [0.25, 0.3) is 0 Å². The summed E-state index contributed by atoms with van der Waals surface area (Å²) in [6, 6.07) is 9.93. The first-order chi connectivity index (χ1) is 8.24. The van der Waals surface area contributed by atoms with Gasteiger partial charge in [-0.15, -0.1) is 11.6 Å². The largest absolute Gasteiger partial charge is 0.452 e. The van der Waals surface area contributed by atoms with Gasteiger partial charge in [0.15, 0.2) is 4.67 Å². The molecule has 1 aromatic heterocycles.